The zero-order valence-corrected chi connectivity index (χ0v) is 6.54. The fraction of sp³-hybridized carbons (Fsp3) is 0.500. The number of aromatic nitrogens is 3. The van der Waals surface area contributed by atoms with Crippen molar-refractivity contribution in [2.75, 3.05) is 13.7 Å². The number of carboxylic acids is 1. The zero-order chi connectivity index (χ0) is 8.97. The van der Waals surface area contributed by atoms with Crippen molar-refractivity contribution in [3.05, 3.63) is 12.7 Å². The smallest absolute Gasteiger partial charge is 0.329 e. The molecule has 0 amide bonds. The Kier molecular flexibility index (Phi) is 2.76. The minimum Gasteiger partial charge on any atom is -0.480 e. The largest absolute Gasteiger partial charge is 0.480 e. The second kappa shape index (κ2) is 3.82. The minimum absolute atomic E-state index is 0.105. The van der Waals surface area contributed by atoms with Crippen molar-refractivity contribution in [2.45, 2.75) is 6.04 Å². The molecule has 0 aromatic carbocycles. The van der Waals surface area contributed by atoms with E-state index in [1.807, 2.05) is 0 Å². The van der Waals surface area contributed by atoms with Gasteiger partial charge in [-0.25, -0.2) is 4.79 Å². The molecule has 6 heteroatoms. The fourth-order valence-electron chi connectivity index (χ4n) is 0.812. The van der Waals surface area contributed by atoms with Crippen LogP contribution in [0.4, 0.5) is 0 Å². The molecule has 1 heterocycles. The van der Waals surface area contributed by atoms with Gasteiger partial charge in [-0.05, 0) is 0 Å². The predicted molar refractivity (Wildman–Crippen MR) is 38.6 cm³/mol. The Morgan fingerprint density at radius 3 is 2.67 bits per heavy atom. The van der Waals surface area contributed by atoms with E-state index in [0.29, 0.717) is 0 Å². The van der Waals surface area contributed by atoms with E-state index >= 15 is 0 Å². The summed E-state index contributed by atoms with van der Waals surface area (Å²) in [6.07, 6.45) is 2.69. The lowest BCUT2D eigenvalue weighted by atomic mass is 10.3. The van der Waals surface area contributed by atoms with Gasteiger partial charge in [0.15, 0.2) is 6.04 Å². The number of aliphatic carboxylic acids is 1. The fourth-order valence-corrected chi connectivity index (χ4v) is 0.812. The SMILES string of the molecule is COCC(C(=O)O)n1cnnc1. The average molecular weight is 171 g/mol. The van der Waals surface area contributed by atoms with Gasteiger partial charge < -0.3 is 14.4 Å². The van der Waals surface area contributed by atoms with Gasteiger partial charge in [-0.2, -0.15) is 0 Å². The summed E-state index contributed by atoms with van der Waals surface area (Å²) >= 11 is 0. The highest BCUT2D eigenvalue weighted by atomic mass is 16.5. The maximum atomic E-state index is 10.6. The van der Waals surface area contributed by atoms with Crippen molar-refractivity contribution >= 4 is 5.97 Å². The van der Waals surface area contributed by atoms with Crippen LogP contribution >= 0.6 is 0 Å². The van der Waals surface area contributed by atoms with E-state index in [-0.39, 0.29) is 6.61 Å². The van der Waals surface area contributed by atoms with Crippen LogP contribution < -0.4 is 0 Å². The first-order valence-electron chi connectivity index (χ1n) is 3.31. The molecule has 1 atom stereocenters. The molecule has 0 spiro atoms. The highest BCUT2D eigenvalue weighted by Crippen LogP contribution is 2.04. The van der Waals surface area contributed by atoms with Crippen LogP contribution in [0.15, 0.2) is 12.7 Å². The monoisotopic (exact) mass is 171 g/mol. The molecule has 66 valence electrons. The summed E-state index contributed by atoms with van der Waals surface area (Å²) in [5, 5.41) is 15.7. The summed E-state index contributed by atoms with van der Waals surface area (Å²) < 4.78 is 6.11. The molecule has 0 fully saturated rings. The summed E-state index contributed by atoms with van der Waals surface area (Å²) in [7, 11) is 1.44. The van der Waals surface area contributed by atoms with E-state index in [2.05, 4.69) is 10.2 Å². The summed E-state index contributed by atoms with van der Waals surface area (Å²) in [6.45, 7) is 0.105. The topological polar surface area (TPSA) is 77.2 Å². The van der Waals surface area contributed by atoms with E-state index in [4.69, 9.17) is 9.84 Å². The number of nitrogens with zero attached hydrogens (tertiary/aromatic N) is 3. The Hall–Kier alpha value is -1.43. The third-order valence-corrected chi connectivity index (χ3v) is 1.41. The van der Waals surface area contributed by atoms with Crippen LogP contribution in [0.5, 0.6) is 0 Å². The number of ether oxygens (including phenoxy) is 1. The third kappa shape index (κ3) is 1.79. The highest BCUT2D eigenvalue weighted by Gasteiger charge is 2.18. The Bertz CT molecular complexity index is 247. The maximum Gasteiger partial charge on any atom is 0.329 e. The molecular weight excluding hydrogens is 162 g/mol. The first-order chi connectivity index (χ1) is 5.75. The first-order valence-corrected chi connectivity index (χ1v) is 3.31. The van der Waals surface area contributed by atoms with Crippen LogP contribution in [-0.4, -0.2) is 39.6 Å². The zero-order valence-electron chi connectivity index (χ0n) is 6.54. The van der Waals surface area contributed by atoms with Crippen LogP contribution in [0.1, 0.15) is 6.04 Å². The Morgan fingerprint density at radius 1 is 1.67 bits per heavy atom. The molecule has 0 aliphatic rings. The van der Waals surface area contributed by atoms with Gasteiger partial charge in [-0.3, -0.25) is 0 Å². The molecule has 0 saturated heterocycles. The van der Waals surface area contributed by atoms with Crippen LogP contribution in [-0.2, 0) is 9.53 Å². The second-order valence-corrected chi connectivity index (χ2v) is 2.22. The standard InChI is InChI=1S/C6H9N3O3/c1-12-2-5(6(10)11)9-3-7-8-4-9/h3-5H,2H2,1H3,(H,10,11). The van der Waals surface area contributed by atoms with E-state index in [9.17, 15) is 4.79 Å². The minimum atomic E-state index is -0.961. The lowest BCUT2D eigenvalue weighted by Crippen LogP contribution is -2.22. The Morgan fingerprint density at radius 2 is 2.25 bits per heavy atom. The van der Waals surface area contributed by atoms with E-state index in [1.54, 1.807) is 0 Å². The summed E-state index contributed by atoms with van der Waals surface area (Å²) in [6, 6.07) is -0.745. The molecule has 1 N–H and O–H groups in total. The molecule has 0 aliphatic carbocycles. The van der Waals surface area contributed by atoms with Crippen LogP contribution in [0.25, 0.3) is 0 Å². The summed E-state index contributed by atoms with van der Waals surface area (Å²) in [4.78, 5) is 10.6. The lowest BCUT2D eigenvalue weighted by molar-refractivity contribution is -0.142. The van der Waals surface area contributed by atoms with Crippen molar-refractivity contribution in [3.8, 4) is 0 Å². The molecule has 0 saturated carbocycles. The van der Waals surface area contributed by atoms with E-state index < -0.39 is 12.0 Å². The van der Waals surface area contributed by atoms with Crippen molar-refractivity contribution in [2.24, 2.45) is 0 Å². The van der Waals surface area contributed by atoms with Gasteiger partial charge in [-0.1, -0.05) is 0 Å². The number of carbonyl (C=O) groups is 1. The van der Waals surface area contributed by atoms with Crippen molar-refractivity contribution in [3.63, 3.8) is 0 Å². The predicted octanol–water partition coefficient (Wildman–Crippen LogP) is -0.450. The molecule has 1 rings (SSSR count). The molecule has 12 heavy (non-hydrogen) atoms. The highest BCUT2D eigenvalue weighted by molar-refractivity contribution is 5.71. The van der Waals surface area contributed by atoms with E-state index in [1.165, 1.54) is 24.3 Å². The molecule has 1 aromatic rings. The van der Waals surface area contributed by atoms with Gasteiger partial charge >= 0.3 is 5.97 Å². The van der Waals surface area contributed by atoms with Gasteiger partial charge in [0, 0.05) is 7.11 Å². The molecule has 0 aliphatic heterocycles. The Labute approximate surface area is 68.8 Å². The molecule has 0 bridgehead atoms. The second-order valence-electron chi connectivity index (χ2n) is 2.22. The number of hydrogen-bond donors (Lipinski definition) is 1. The lowest BCUT2D eigenvalue weighted by Gasteiger charge is -2.10. The van der Waals surface area contributed by atoms with Gasteiger partial charge in [0.1, 0.15) is 12.7 Å². The summed E-state index contributed by atoms with van der Waals surface area (Å²) in [5.41, 5.74) is 0. The number of methoxy groups -OCH3 is 1. The molecule has 6 nitrogen and oxygen atoms in total. The van der Waals surface area contributed by atoms with E-state index in [0.717, 1.165) is 0 Å². The van der Waals surface area contributed by atoms with Crippen molar-refractivity contribution in [1.82, 2.24) is 14.8 Å². The van der Waals surface area contributed by atoms with Gasteiger partial charge in [0.25, 0.3) is 0 Å². The van der Waals surface area contributed by atoms with Gasteiger partial charge in [-0.15, -0.1) is 10.2 Å². The summed E-state index contributed by atoms with van der Waals surface area (Å²) in [5.74, 6) is -0.961. The normalized spacial score (nSPS) is 12.8. The first kappa shape index (κ1) is 8.66. The molecule has 0 radical (unpaired) electrons. The van der Waals surface area contributed by atoms with Crippen LogP contribution in [0, 0.1) is 0 Å². The molecule has 1 aromatic heterocycles. The van der Waals surface area contributed by atoms with Crippen molar-refractivity contribution in [1.29, 1.82) is 0 Å². The average Bonchev–Trinajstić information content (AvgIpc) is 2.51. The maximum absolute atomic E-state index is 10.6. The quantitative estimate of drug-likeness (QED) is 0.663. The Balaban J connectivity index is 2.73. The van der Waals surface area contributed by atoms with Crippen LogP contribution in [0.2, 0.25) is 0 Å². The third-order valence-electron chi connectivity index (χ3n) is 1.41. The molecular formula is C6H9N3O3. The van der Waals surface area contributed by atoms with Crippen LogP contribution in [0.3, 0.4) is 0 Å². The van der Waals surface area contributed by atoms with Crippen molar-refractivity contribution < 1.29 is 14.6 Å². The number of hydrogen-bond acceptors (Lipinski definition) is 4. The van der Waals surface area contributed by atoms with Gasteiger partial charge in [0.2, 0.25) is 0 Å². The number of carboxylic acid groups (broad SMARTS) is 1. The molecule has 1 unspecified atom stereocenters. The van der Waals surface area contributed by atoms with Gasteiger partial charge in [0.05, 0.1) is 6.61 Å². The number of rotatable bonds is 4.